The fraction of sp³-hybridized carbons (Fsp3) is 0.143. The molecule has 0 radical (unpaired) electrons. The molecule has 0 atom stereocenters. The molecule has 9 nitrogen and oxygen atoms in total. The Kier molecular flexibility index (Phi) is 5.77. The molecule has 0 aliphatic rings. The summed E-state index contributed by atoms with van der Waals surface area (Å²) in [7, 11) is 3.10. The maximum atomic E-state index is 10.5. The van der Waals surface area contributed by atoms with Crippen LogP contribution in [0.1, 0.15) is 5.82 Å². The number of hydrogen-bond donors (Lipinski definition) is 2. The minimum Gasteiger partial charge on any atom is -0.510 e. The van der Waals surface area contributed by atoms with Crippen molar-refractivity contribution >= 4 is 28.4 Å². The average Bonchev–Trinajstić information content (AvgIpc) is 3.44. The van der Waals surface area contributed by atoms with Crippen molar-refractivity contribution in [1.29, 1.82) is 5.26 Å². The number of allylic oxidation sites excluding steroid dienone is 1. The second-order valence-corrected chi connectivity index (χ2v) is 7.19. The first-order valence-corrected chi connectivity index (χ1v) is 10.1. The molecule has 4 aromatic rings. The predicted molar refractivity (Wildman–Crippen MR) is 115 cm³/mol. The summed E-state index contributed by atoms with van der Waals surface area (Å²) in [5.74, 6) is 1.65. The summed E-state index contributed by atoms with van der Waals surface area (Å²) in [6.07, 6.45) is 0. The van der Waals surface area contributed by atoms with Gasteiger partial charge >= 0.3 is 0 Å². The molecule has 0 aliphatic heterocycles. The lowest BCUT2D eigenvalue weighted by Crippen LogP contribution is -1.95. The van der Waals surface area contributed by atoms with Crippen LogP contribution in [0.25, 0.3) is 28.1 Å². The Balaban J connectivity index is 1.51. The van der Waals surface area contributed by atoms with Gasteiger partial charge in [0.1, 0.15) is 17.4 Å². The summed E-state index contributed by atoms with van der Waals surface area (Å²) < 4.78 is 16.2. The van der Waals surface area contributed by atoms with Crippen molar-refractivity contribution in [3.63, 3.8) is 0 Å². The molecule has 10 heteroatoms. The Labute approximate surface area is 181 Å². The van der Waals surface area contributed by atoms with Crippen molar-refractivity contribution in [2.75, 3.05) is 20.0 Å². The van der Waals surface area contributed by atoms with Gasteiger partial charge in [-0.15, -0.1) is 10.2 Å². The molecule has 4 rings (SSSR count). The van der Waals surface area contributed by atoms with E-state index >= 15 is 0 Å². The van der Waals surface area contributed by atoms with Crippen molar-refractivity contribution in [3.05, 3.63) is 54.0 Å². The van der Waals surface area contributed by atoms with Gasteiger partial charge in [-0.2, -0.15) is 5.26 Å². The zero-order valence-electron chi connectivity index (χ0n) is 16.6. The Bertz CT molecular complexity index is 1270. The monoisotopic (exact) mass is 435 g/mol. The molecule has 0 aliphatic carbocycles. The number of hydrogen-bond acceptors (Lipinski definition) is 9. The first-order valence-electron chi connectivity index (χ1n) is 9.09. The minimum atomic E-state index is -0.141. The number of ether oxygens (including phenoxy) is 2. The highest BCUT2D eigenvalue weighted by atomic mass is 32.2. The van der Waals surface area contributed by atoms with Crippen LogP contribution >= 0.6 is 11.8 Å². The summed E-state index contributed by atoms with van der Waals surface area (Å²) in [6, 6.07) is 14.6. The van der Waals surface area contributed by atoms with Crippen LogP contribution in [0, 0.1) is 11.3 Å². The number of aliphatic hydroxyl groups is 1. The van der Waals surface area contributed by atoms with Crippen molar-refractivity contribution in [2.45, 2.75) is 5.22 Å². The van der Waals surface area contributed by atoms with E-state index in [1.165, 1.54) is 0 Å². The van der Waals surface area contributed by atoms with Crippen LogP contribution in [0.4, 0.5) is 0 Å². The second kappa shape index (κ2) is 8.81. The van der Waals surface area contributed by atoms with Crippen molar-refractivity contribution < 1.29 is 19.0 Å². The normalized spacial score (nSPS) is 11.8. The molecule has 0 saturated carbocycles. The Morgan fingerprint density at radius 1 is 1.16 bits per heavy atom. The SMILES string of the molecule is COc1ccc(-c2nnc(SC/C(O)=C(\C#N)c3nc4ccccc4[nH]3)o2)cc1OC. The van der Waals surface area contributed by atoms with Gasteiger partial charge in [0.2, 0.25) is 5.89 Å². The Hall–Kier alpha value is -3.97. The van der Waals surface area contributed by atoms with Crippen LogP contribution in [-0.4, -0.2) is 45.2 Å². The van der Waals surface area contributed by atoms with Gasteiger partial charge in [-0.25, -0.2) is 4.98 Å². The number of H-pyrrole nitrogens is 1. The first kappa shape index (κ1) is 20.3. The van der Waals surface area contributed by atoms with E-state index in [0.717, 1.165) is 17.3 Å². The van der Waals surface area contributed by atoms with Gasteiger partial charge in [0.05, 0.1) is 31.0 Å². The molecule has 2 heterocycles. The summed E-state index contributed by atoms with van der Waals surface area (Å²) in [5.41, 5.74) is 2.21. The summed E-state index contributed by atoms with van der Waals surface area (Å²) in [4.78, 5) is 7.39. The fourth-order valence-corrected chi connectivity index (χ4v) is 3.52. The number of nitriles is 1. The van der Waals surface area contributed by atoms with Gasteiger partial charge in [-0.05, 0) is 30.3 Å². The Morgan fingerprint density at radius 2 is 1.97 bits per heavy atom. The number of nitrogens with zero attached hydrogens (tertiary/aromatic N) is 4. The number of fused-ring (bicyclic) bond motifs is 1. The molecule has 2 aromatic heterocycles. The van der Waals surface area contributed by atoms with Gasteiger partial charge in [0.25, 0.3) is 5.22 Å². The second-order valence-electron chi connectivity index (χ2n) is 6.27. The summed E-state index contributed by atoms with van der Waals surface area (Å²) in [5, 5.41) is 28.2. The molecule has 156 valence electrons. The molecular formula is C21H17N5O4S. The number of methoxy groups -OCH3 is 2. The highest BCUT2D eigenvalue weighted by Crippen LogP contribution is 2.33. The van der Waals surface area contributed by atoms with E-state index in [1.54, 1.807) is 32.4 Å². The first-order chi connectivity index (χ1) is 15.1. The van der Waals surface area contributed by atoms with E-state index in [4.69, 9.17) is 13.9 Å². The zero-order chi connectivity index (χ0) is 21.8. The summed E-state index contributed by atoms with van der Waals surface area (Å²) in [6.45, 7) is 0. The molecule has 0 amide bonds. The highest BCUT2D eigenvalue weighted by Gasteiger charge is 2.16. The van der Waals surface area contributed by atoms with Crippen molar-refractivity contribution in [1.82, 2.24) is 20.2 Å². The number of imidazole rings is 1. The van der Waals surface area contributed by atoms with Crippen molar-refractivity contribution in [2.24, 2.45) is 0 Å². The lowest BCUT2D eigenvalue weighted by atomic mass is 10.2. The van der Waals surface area contributed by atoms with Crippen LogP contribution in [0.2, 0.25) is 0 Å². The number of aliphatic hydroxyl groups excluding tert-OH is 1. The Morgan fingerprint density at radius 3 is 2.71 bits per heavy atom. The molecule has 0 bridgehead atoms. The van der Waals surface area contributed by atoms with E-state index < -0.39 is 0 Å². The van der Waals surface area contributed by atoms with Crippen LogP contribution in [-0.2, 0) is 0 Å². The van der Waals surface area contributed by atoms with Crippen LogP contribution in [0.3, 0.4) is 0 Å². The molecule has 0 unspecified atom stereocenters. The lowest BCUT2D eigenvalue weighted by molar-refractivity contribution is 0.355. The van der Waals surface area contributed by atoms with Gasteiger partial charge in [0, 0.05) is 5.56 Å². The third-order valence-electron chi connectivity index (χ3n) is 4.40. The minimum absolute atomic E-state index is 0.0586. The van der Waals surface area contributed by atoms with E-state index in [0.29, 0.717) is 34.3 Å². The lowest BCUT2D eigenvalue weighted by Gasteiger charge is -2.07. The largest absolute Gasteiger partial charge is 0.510 e. The predicted octanol–water partition coefficient (Wildman–Crippen LogP) is 4.22. The number of rotatable bonds is 7. The van der Waals surface area contributed by atoms with Gasteiger partial charge < -0.3 is 24.0 Å². The number of thioether (sulfide) groups is 1. The van der Waals surface area contributed by atoms with Crippen molar-refractivity contribution in [3.8, 4) is 29.0 Å². The molecule has 0 fully saturated rings. The number of aromatic amines is 1. The molecule has 31 heavy (non-hydrogen) atoms. The number of para-hydroxylation sites is 2. The third kappa shape index (κ3) is 4.17. The smallest absolute Gasteiger partial charge is 0.277 e. The molecule has 2 N–H and O–H groups in total. The summed E-state index contributed by atoms with van der Waals surface area (Å²) >= 11 is 1.11. The number of benzene rings is 2. The molecule has 2 aromatic carbocycles. The fourth-order valence-electron chi connectivity index (χ4n) is 2.88. The topological polar surface area (TPSA) is 130 Å². The maximum Gasteiger partial charge on any atom is 0.277 e. The third-order valence-corrected chi connectivity index (χ3v) is 5.23. The van der Waals surface area contributed by atoms with E-state index in [9.17, 15) is 10.4 Å². The van der Waals surface area contributed by atoms with Gasteiger partial charge in [0.15, 0.2) is 17.3 Å². The molecule has 0 spiro atoms. The standard InChI is InChI=1S/C21H17N5O4S/c1-28-17-8-7-12(9-18(17)29-2)20-25-26-21(30-20)31-11-16(27)13(10-22)19-23-14-5-3-4-6-15(14)24-19/h3-9,27H,11H2,1-2H3,(H,23,24)/b16-13-. The number of nitrogens with one attached hydrogen (secondary N) is 1. The van der Waals surface area contributed by atoms with E-state index in [1.807, 2.05) is 30.3 Å². The van der Waals surface area contributed by atoms with Crippen LogP contribution in [0.15, 0.2) is 57.9 Å². The molecular weight excluding hydrogens is 418 g/mol. The zero-order valence-corrected chi connectivity index (χ0v) is 17.4. The number of aromatic nitrogens is 4. The van der Waals surface area contributed by atoms with Crippen LogP contribution < -0.4 is 9.47 Å². The van der Waals surface area contributed by atoms with E-state index in [2.05, 4.69) is 20.2 Å². The maximum absolute atomic E-state index is 10.5. The van der Waals surface area contributed by atoms with Crippen LogP contribution in [0.5, 0.6) is 11.5 Å². The quantitative estimate of drug-likeness (QED) is 0.249. The molecule has 0 saturated heterocycles. The average molecular weight is 435 g/mol. The van der Waals surface area contributed by atoms with Gasteiger partial charge in [-0.3, -0.25) is 0 Å². The van der Waals surface area contributed by atoms with Gasteiger partial charge in [-0.1, -0.05) is 23.9 Å². The van der Waals surface area contributed by atoms with E-state index in [-0.39, 0.29) is 22.3 Å². The highest BCUT2D eigenvalue weighted by molar-refractivity contribution is 7.99.